The minimum atomic E-state index is -2.24. The molecule has 0 bridgehead atoms. The van der Waals surface area contributed by atoms with Crippen molar-refractivity contribution < 1.29 is 37.1 Å². The molecule has 3 aromatic carbocycles. The van der Waals surface area contributed by atoms with Crippen LogP contribution < -0.4 is 4.74 Å². The van der Waals surface area contributed by atoms with Gasteiger partial charge in [-0.3, -0.25) is 0 Å². The van der Waals surface area contributed by atoms with E-state index in [0.29, 0.717) is 61.2 Å². The van der Waals surface area contributed by atoms with Crippen LogP contribution in [0.1, 0.15) is 86.0 Å². The van der Waals surface area contributed by atoms with Gasteiger partial charge in [0.15, 0.2) is 11.6 Å². The number of benzene rings is 3. The van der Waals surface area contributed by atoms with Gasteiger partial charge in [0.2, 0.25) is 16.5 Å². The van der Waals surface area contributed by atoms with Gasteiger partial charge in [-0.05, 0) is 133 Å². The van der Waals surface area contributed by atoms with E-state index >= 15 is 0 Å². The van der Waals surface area contributed by atoms with Gasteiger partial charge in [-0.2, -0.15) is 8.78 Å². The number of aryl methyl sites for hydroxylation is 1. The van der Waals surface area contributed by atoms with Crippen molar-refractivity contribution in [1.29, 1.82) is 0 Å². The Morgan fingerprint density at radius 1 is 0.978 bits per heavy atom. The SMILES string of the molecule is C=Cc1c(F)c(F)c([S+]([O-])CCCCCOc2ccc([C@H]3C[C@]4(C)[C@@H](O)CC[C@H]4[C@@H]4CCc5cc(O)ccc5[C@H]43)cc2)c(F)c1F. The summed E-state index contributed by atoms with van der Waals surface area (Å²) in [6, 6.07) is 13.9. The summed E-state index contributed by atoms with van der Waals surface area (Å²) in [5.74, 6) is -4.15. The fourth-order valence-electron chi connectivity index (χ4n) is 8.62. The lowest BCUT2D eigenvalue weighted by atomic mass is 9.51. The van der Waals surface area contributed by atoms with Crippen LogP contribution in [0.2, 0.25) is 0 Å². The number of fused-ring (bicyclic) bond motifs is 5. The third kappa shape index (κ3) is 5.84. The lowest BCUT2D eigenvalue weighted by Gasteiger charge is -2.54. The van der Waals surface area contributed by atoms with Crippen molar-refractivity contribution in [2.75, 3.05) is 12.4 Å². The number of hydrogen-bond donors (Lipinski definition) is 2. The van der Waals surface area contributed by atoms with Crippen LogP contribution in [-0.4, -0.2) is 33.2 Å². The molecule has 4 nitrogen and oxygen atoms in total. The van der Waals surface area contributed by atoms with E-state index in [1.807, 2.05) is 18.2 Å². The average molecular weight is 657 g/mol. The molecule has 46 heavy (non-hydrogen) atoms. The first-order valence-electron chi connectivity index (χ1n) is 16.1. The van der Waals surface area contributed by atoms with Crippen LogP contribution in [0.4, 0.5) is 17.6 Å². The van der Waals surface area contributed by atoms with Crippen molar-refractivity contribution in [3.05, 3.63) is 94.6 Å². The summed E-state index contributed by atoms with van der Waals surface area (Å²) < 4.78 is 75.1. The average Bonchev–Trinajstić information content (AvgIpc) is 3.35. The zero-order valence-corrected chi connectivity index (χ0v) is 26.7. The van der Waals surface area contributed by atoms with Crippen LogP contribution >= 0.6 is 0 Å². The summed E-state index contributed by atoms with van der Waals surface area (Å²) in [6.07, 6.45) is 6.63. The summed E-state index contributed by atoms with van der Waals surface area (Å²) in [5, 5.41) is 21.2. The maximum absolute atomic E-state index is 14.3. The molecule has 3 aliphatic rings. The second-order valence-corrected chi connectivity index (χ2v) is 14.9. The number of ether oxygens (including phenoxy) is 1. The number of rotatable bonds is 10. The third-order valence-electron chi connectivity index (χ3n) is 10.9. The second kappa shape index (κ2) is 13.2. The molecule has 0 spiro atoms. The Hall–Kier alpha value is -3.01. The van der Waals surface area contributed by atoms with E-state index in [1.165, 1.54) is 16.7 Å². The van der Waals surface area contributed by atoms with Crippen molar-refractivity contribution in [2.24, 2.45) is 17.3 Å². The molecule has 0 aromatic heterocycles. The van der Waals surface area contributed by atoms with Gasteiger partial charge in [0, 0.05) is 0 Å². The Bertz CT molecular complexity index is 1570. The topological polar surface area (TPSA) is 72.8 Å². The maximum atomic E-state index is 14.3. The normalized spacial score (nSPS) is 27.4. The number of aliphatic hydroxyl groups excluding tert-OH is 1. The molecule has 0 saturated heterocycles. The highest BCUT2D eigenvalue weighted by Gasteiger charge is 2.57. The number of aromatic hydroxyl groups is 1. The van der Waals surface area contributed by atoms with Crippen molar-refractivity contribution in [3.8, 4) is 11.5 Å². The molecule has 0 amide bonds. The molecule has 246 valence electrons. The zero-order valence-electron chi connectivity index (χ0n) is 25.9. The fourth-order valence-corrected chi connectivity index (χ4v) is 9.87. The van der Waals surface area contributed by atoms with Gasteiger partial charge < -0.3 is 19.5 Å². The minimum absolute atomic E-state index is 0.131. The smallest absolute Gasteiger partial charge is 0.230 e. The van der Waals surface area contributed by atoms with Crippen LogP contribution in [-0.2, 0) is 17.6 Å². The minimum Gasteiger partial charge on any atom is -0.611 e. The summed E-state index contributed by atoms with van der Waals surface area (Å²) in [6.45, 7) is 5.80. The van der Waals surface area contributed by atoms with Gasteiger partial charge in [0.25, 0.3) is 0 Å². The Morgan fingerprint density at radius 3 is 2.39 bits per heavy atom. The summed E-state index contributed by atoms with van der Waals surface area (Å²) in [5.41, 5.74) is 2.70. The number of aliphatic hydroxyl groups is 1. The van der Waals surface area contributed by atoms with Crippen LogP contribution in [0.3, 0.4) is 0 Å². The van der Waals surface area contributed by atoms with Gasteiger partial charge in [-0.1, -0.05) is 37.8 Å². The molecule has 2 N–H and O–H groups in total. The first kappa shape index (κ1) is 32.9. The molecule has 1 unspecified atom stereocenters. The van der Waals surface area contributed by atoms with Crippen LogP contribution in [0.15, 0.2) is 53.9 Å². The van der Waals surface area contributed by atoms with E-state index in [9.17, 15) is 32.3 Å². The van der Waals surface area contributed by atoms with Gasteiger partial charge in [-0.15, -0.1) is 0 Å². The van der Waals surface area contributed by atoms with Gasteiger partial charge >= 0.3 is 0 Å². The summed E-state index contributed by atoms with van der Waals surface area (Å²) >= 11 is -2.24. The van der Waals surface area contributed by atoms with Crippen molar-refractivity contribution in [1.82, 2.24) is 0 Å². The standard InChI is InChI=1S/C37H40F4O4S/c1-3-25-32(38)34(40)36(35(41)33(25)39)46(44)18-6-4-5-17-45-24-11-7-21(8-12-24)28-20-37(2)29(15-16-30(37)43)27-13-9-22-19-23(42)10-14-26(22)31(27)28/h3,7-8,10-12,14,19,27-31,42-43H,1,4-6,9,13,15-18,20H2,2H3/t27-,28+,29-,30-,31+,37-,46?/m0/s1. The number of phenolic OH excluding ortho intramolecular Hbond substituents is 1. The molecule has 6 rings (SSSR count). The van der Waals surface area contributed by atoms with Gasteiger partial charge in [0.05, 0.1) is 18.3 Å². The molecule has 2 fully saturated rings. The summed E-state index contributed by atoms with van der Waals surface area (Å²) in [4.78, 5) is -1.08. The van der Waals surface area contributed by atoms with E-state index < -0.39 is 44.9 Å². The van der Waals surface area contributed by atoms with Crippen molar-refractivity contribution in [2.45, 2.75) is 81.1 Å². The Morgan fingerprint density at radius 2 is 1.70 bits per heavy atom. The molecule has 7 atom stereocenters. The molecule has 9 heteroatoms. The molecule has 0 radical (unpaired) electrons. The molecule has 0 heterocycles. The Labute approximate surface area is 270 Å². The lowest BCUT2D eigenvalue weighted by molar-refractivity contribution is -0.0323. The van der Waals surface area contributed by atoms with Crippen LogP contribution in [0.5, 0.6) is 11.5 Å². The molecule has 3 aromatic rings. The van der Waals surface area contributed by atoms with Crippen molar-refractivity contribution >= 4 is 17.3 Å². The number of halogens is 4. The second-order valence-electron chi connectivity index (χ2n) is 13.4. The molecular formula is C37H40F4O4S. The monoisotopic (exact) mass is 656 g/mol. The molecule has 3 aliphatic carbocycles. The number of hydrogen-bond acceptors (Lipinski definition) is 4. The predicted molar refractivity (Wildman–Crippen MR) is 170 cm³/mol. The third-order valence-corrected chi connectivity index (χ3v) is 12.4. The molecule has 0 aliphatic heterocycles. The molecular weight excluding hydrogens is 616 g/mol. The predicted octanol–water partition coefficient (Wildman–Crippen LogP) is 8.56. The number of unbranched alkanes of at least 4 members (excludes halogenated alkanes) is 2. The van der Waals surface area contributed by atoms with E-state index in [4.69, 9.17) is 4.74 Å². The highest BCUT2D eigenvalue weighted by Crippen LogP contribution is 2.65. The van der Waals surface area contributed by atoms with E-state index in [-0.39, 0.29) is 23.2 Å². The van der Waals surface area contributed by atoms with E-state index in [0.717, 1.165) is 32.1 Å². The number of phenols is 1. The van der Waals surface area contributed by atoms with E-state index in [2.05, 4.69) is 31.7 Å². The summed E-state index contributed by atoms with van der Waals surface area (Å²) in [7, 11) is 0. The highest BCUT2D eigenvalue weighted by atomic mass is 32.2. The van der Waals surface area contributed by atoms with Gasteiger partial charge in [-0.25, -0.2) is 8.78 Å². The first-order valence-corrected chi connectivity index (χ1v) is 17.5. The van der Waals surface area contributed by atoms with Crippen LogP contribution in [0.25, 0.3) is 6.08 Å². The highest BCUT2D eigenvalue weighted by molar-refractivity contribution is 7.91. The first-order chi connectivity index (χ1) is 22.0. The van der Waals surface area contributed by atoms with Crippen molar-refractivity contribution in [3.63, 3.8) is 0 Å². The maximum Gasteiger partial charge on any atom is 0.230 e. The molecule has 2 saturated carbocycles. The fraction of sp³-hybridized carbons (Fsp3) is 0.459. The van der Waals surface area contributed by atoms with E-state index in [1.54, 1.807) is 6.07 Å². The van der Waals surface area contributed by atoms with Gasteiger partial charge in [0.1, 0.15) is 17.3 Å². The Kier molecular flexibility index (Phi) is 9.47. The van der Waals surface area contributed by atoms with Crippen LogP contribution in [0, 0.1) is 40.5 Å². The largest absolute Gasteiger partial charge is 0.611 e. The quantitative estimate of drug-likeness (QED) is 0.0993. The lowest BCUT2D eigenvalue weighted by Crippen LogP contribution is -2.47. The Balaban J connectivity index is 1.07. The zero-order chi connectivity index (χ0) is 32.7.